The topological polar surface area (TPSA) is 41.8 Å². The molecule has 1 aromatic carbocycles. The van der Waals surface area contributed by atoms with Gasteiger partial charge in [0.15, 0.2) is 0 Å². The van der Waals surface area contributed by atoms with Crippen molar-refractivity contribution in [2.45, 2.75) is 19.4 Å². The lowest BCUT2D eigenvalue weighted by Gasteiger charge is -2.11. The zero-order valence-corrected chi connectivity index (χ0v) is 8.96. The van der Waals surface area contributed by atoms with Crippen LogP contribution in [-0.2, 0) is 0 Å². The van der Waals surface area contributed by atoms with E-state index in [0.717, 1.165) is 23.1 Å². The van der Waals surface area contributed by atoms with Gasteiger partial charge < -0.3 is 10.7 Å². The van der Waals surface area contributed by atoms with Gasteiger partial charge in [0.05, 0.1) is 0 Å². The maximum Gasteiger partial charge on any atom is 0.0457 e. The number of hydrogen-bond acceptors (Lipinski definition) is 1. The molecule has 2 aromatic rings. The fraction of sp³-hybridized carbons (Fsp3) is 0.231. The molecule has 1 aromatic heterocycles. The molecule has 15 heavy (non-hydrogen) atoms. The summed E-state index contributed by atoms with van der Waals surface area (Å²) in [5.74, 6) is 0. The van der Waals surface area contributed by atoms with Crippen molar-refractivity contribution in [3.8, 4) is 0 Å². The monoisotopic (exact) mass is 200 g/mol. The molecule has 78 valence electrons. The third-order valence-corrected chi connectivity index (χ3v) is 2.58. The molecule has 0 saturated carbocycles. The average molecular weight is 200 g/mol. The molecule has 0 unspecified atom stereocenters. The van der Waals surface area contributed by atoms with Gasteiger partial charge >= 0.3 is 0 Å². The first kappa shape index (κ1) is 9.99. The summed E-state index contributed by atoms with van der Waals surface area (Å²) in [6, 6.07) is 8.41. The Balaban J connectivity index is 2.30. The highest BCUT2D eigenvalue weighted by atomic mass is 14.7. The lowest BCUT2D eigenvalue weighted by atomic mass is 10.0. The standard InChI is InChI=1S/C13H16N2/c1-9(2)7-12(14)11-4-3-10-5-6-15-13(10)8-11/h3-6,8,12,15H,1,7,14H2,2H3/t12-/m0/s1. The molecule has 0 radical (unpaired) electrons. The predicted octanol–water partition coefficient (Wildman–Crippen LogP) is 3.13. The van der Waals surface area contributed by atoms with Crippen LogP contribution in [0.4, 0.5) is 0 Å². The Bertz CT molecular complexity index is 482. The largest absolute Gasteiger partial charge is 0.361 e. The van der Waals surface area contributed by atoms with Gasteiger partial charge in [0.25, 0.3) is 0 Å². The normalized spacial score (nSPS) is 12.9. The summed E-state index contributed by atoms with van der Waals surface area (Å²) in [5.41, 5.74) is 9.50. The van der Waals surface area contributed by atoms with Crippen molar-refractivity contribution in [1.29, 1.82) is 0 Å². The van der Waals surface area contributed by atoms with E-state index in [2.05, 4.69) is 35.8 Å². The van der Waals surface area contributed by atoms with Crippen LogP contribution in [0.1, 0.15) is 24.9 Å². The fourth-order valence-electron chi connectivity index (χ4n) is 1.79. The number of nitrogens with two attached hydrogens (primary N) is 1. The van der Waals surface area contributed by atoms with Gasteiger partial charge in [0.2, 0.25) is 0 Å². The van der Waals surface area contributed by atoms with Crippen LogP contribution in [0.25, 0.3) is 10.9 Å². The summed E-state index contributed by atoms with van der Waals surface area (Å²) in [6.45, 7) is 5.89. The van der Waals surface area contributed by atoms with E-state index in [9.17, 15) is 0 Å². The molecule has 0 aliphatic carbocycles. The van der Waals surface area contributed by atoms with Gasteiger partial charge in [0.1, 0.15) is 0 Å². The lowest BCUT2D eigenvalue weighted by molar-refractivity contribution is 0.718. The maximum atomic E-state index is 6.08. The van der Waals surface area contributed by atoms with Crippen LogP contribution in [0.15, 0.2) is 42.6 Å². The number of nitrogens with one attached hydrogen (secondary N) is 1. The van der Waals surface area contributed by atoms with Crippen LogP contribution in [0.5, 0.6) is 0 Å². The molecule has 0 spiro atoms. The van der Waals surface area contributed by atoms with Gasteiger partial charge in [-0.15, -0.1) is 6.58 Å². The summed E-state index contributed by atoms with van der Waals surface area (Å²) in [6.07, 6.45) is 2.78. The van der Waals surface area contributed by atoms with Crippen LogP contribution < -0.4 is 5.73 Å². The summed E-state index contributed by atoms with van der Waals surface area (Å²) < 4.78 is 0. The number of H-pyrrole nitrogens is 1. The minimum absolute atomic E-state index is 0.0511. The molecule has 2 rings (SSSR count). The van der Waals surface area contributed by atoms with Crippen LogP contribution in [0.2, 0.25) is 0 Å². The SMILES string of the molecule is C=C(C)C[C@H](N)c1ccc2cc[nH]c2c1. The van der Waals surface area contributed by atoms with Gasteiger partial charge in [-0.25, -0.2) is 0 Å². The zero-order chi connectivity index (χ0) is 10.8. The minimum atomic E-state index is 0.0511. The Kier molecular flexibility index (Phi) is 2.60. The molecule has 2 heteroatoms. The smallest absolute Gasteiger partial charge is 0.0457 e. The molecular weight excluding hydrogens is 184 g/mol. The van der Waals surface area contributed by atoms with E-state index < -0.39 is 0 Å². The molecule has 0 saturated heterocycles. The van der Waals surface area contributed by atoms with E-state index in [0.29, 0.717) is 0 Å². The van der Waals surface area contributed by atoms with Crippen LogP contribution in [0.3, 0.4) is 0 Å². The first-order valence-electron chi connectivity index (χ1n) is 5.14. The van der Waals surface area contributed by atoms with E-state index >= 15 is 0 Å². The highest BCUT2D eigenvalue weighted by Crippen LogP contribution is 2.21. The van der Waals surface area contributed by atoms with Gasteiger partial charge in [0, 0.05) is 17.8 Å². The number of aromatic amines is 1. The fourth-order valence-corrected chi connectivity index (χ4v) is 1.79. The first-order valence-corrected chi connectivity index (χ1v) is 5.14. The second-order valence-electron chi connectivity index (χ2n) is 4.09. The third-order valence-electron chi connectivity index (χ3n) is 2.58. The molecule has 0 amide bonds. The number of hydrogen-bond donors (Lipinski definition) is 2. The van der Waals surface area contributed by atoms with Crippen molar-refractivity contribution < 1.29 is 0 Å². The molecule has 0 aliphatic heterocycles. The van der Waals surface area contributed by atoms with E-state index in [1.807, 2.05) is 13.1 Å². The van der Waals surface area contributed by atoms with Crippen molar-refractivity contribution >= 4 is 10.9 Å². The molecule has 1 heterocycles. The Morgan fingerprint density at radius 2 is 2.27 bits per heavy atom. The quantitative estimate of drug-likeness (QED) is 0.734. The molecule has 0 fully saturated rings. The maximum absolute atomic E-state index is 6.08. The second kappa shape index (κ2) is 3.91. The van der Waals surface area contributed by atoms with Crippen molar-refractivity contribution in [3.63, 3.8) is 0 Å². The van der Waals surface area contributed by atoms with Gasteiger partial charge in [-0.2, -0.15) is 0 Å². The van der Waals surface area contributed by atoms with E-state index in [1.54, 1.807) is 0 Å². The molecule has 1 atom stereocenters. The van der Waals surface area contributed by atoms with Crippen LogP contribution >= 0.6 is 0 Å². The number of fused-ring (bicyclic) bond motifs is 1. The van der Waals surface area contributed by atoms with Gasteiger partial charge in [-0.1, -0.05) is 17.7 Å². The average Bonchev–Trinajstić information content (AvgIpc) is 2.62. The summed E-state index contributed by atoms with van der Waals surface area (Å²) in [5, 5.41) is 1.22. The lowest BCUT2D eigenvalue weighted by Crippen LogP contribution is -2.10. The minimum Gasteiger partial charge on any atom is -0.361 e. The summed E-state index contributed by atoms with van der Waals surface area (Å²) in [7, 11) is 0. The highest BCUT2D eigenvalue weighted by Gasteiger charge is 2.06. The van der Waals surface area contributed by atoms with Crippen molar-refractivity contribution in [1.82, 2.24) is 4.98 Å². The Morgan fingerprint density at radius 3 is 3.00 bits per heavy atom. The van der Waals surface area contributed by atoms with Gasteiger partial charge in [-0.3, -0.25) is 0 Å². The second-order valence-corrected chi connectivity index (χ2v) is 4.09. The van der Waals surface area contributed by atoms with E-state index in [-0.39, 0.29) is 6.04 Å². The summed E-state index contributed by atoms with van der Waals surface area (Å²) >= 11 is 0. The van der Waals surface area contributed by atoms with E-state index in [1.165, 1.54) is 5.39 Å². The van der Waals surface area contributed by atoms with Crippen molar-refractivity contribution in [2.75, 3.05) is 0 Å². The Morgan fingerprint density at radius 1 is 1.47 bits per heavy atom. The zero-order valence-electron chi connectivity index (χ0n) is 8.96. The molecular formula is C13H16N2. The Hall–Kier alpha value is -1.54. The molecule has 0 aliphatic rings. The predicted molar refractivity (Wildman–Crippen MR) is 64.7 cm³/mol. The third kappa shape index (κ3) is 2.10. The van der Waals surface area contributed by atoms with Crippen LogP contribution in [-0.4, -0.2) is 4.98 Å². The Labute approximate surface area is 89.8 Å². The van der Waals surface area contributed by atoms with Crippen LogP contribution in [0, 0.1) is 0 Å². The van der Waals surface area contributed by atoms with Gasteiger partial charge in [-0.05, 0) is 36.4 Å². The van der Waals surface area contributed by atoms with E-state index in [4.69, 9.17) is 5.73 Å². The molecule has 2 nitrogen and oxygen atoms in total. The molecule has 0 bridgehead atoms. The first-order chi connectivity index (χ1) is 7.16. The summed E-state index contributed by atoms with van der Waals surface area (Å²) in [4.78, 5) is 3.19. The van der Waals surface area contributed by atoms with Crippen molar-refractivity contribution in [3.05, 3.63) is 48.2 Å². The molecule has 3 N–H and O–H groups in total. The number of aromatic nitrogens is 1. The highest BCUT2D eigenvalue weighted by molar-refractivity contribution is 5.79. The number of benzene rings is 1. The number of rotatable bonds is 3. The van der Waals surface area contributed by atoms with Crippen molar-refractivity contribution in [2.24, 2.45) is 5.73 Å².